The molecule has 1 aromatic heterocycles. The Balaban J connectivity index is 2.05. The van der Waals surface area contributed by atoms with Crippen LogP contribution >= 0.6 is 0 Å². The number of carbonyl (C=O) groups excluding carboxylic acids is 1. The zero-order valence-corrected chi connectivity index (χ0v) is 10.0. The van der Waals surface area contributed by atoms with Crippen molar-refractivity contribution in [3.8, 4) is 0 Å². The Hall–Kier alpha value is -1.91. The predicted molar refractivity (Wildman–Crippen MR) is 66.0 cm³/mol. The van der Waals surface area contributed by atoms with E-state index in [4.69, 9.17) is 5.11 Å². The molecule has 1 fully saturated rings. The molecule has 2 N–H and O–H groups in total. The molecule has 0 saturated heterocycles. The minimum atomic E-state index is -0.879. The quantitative estimate of drug-likeness (QED) is 0.856. The monoisotopic (exact) mass is 248 g/mol. The molecular formula is C13H16N2O3. The lowest BCUT2D eigenvalue weighted by Crippen LogP contribution is -2.36. The van der Waals surface area contributed by atoms with Gasteiger partial charge in [0.25, 0.3) is 0 Å². The third-order valence-corrected chi connectivity index (χ3v) is 3.34. The number of rotatable bonds is 3. The Morgan fingerprint density at radius 3 is 2.56 bits per heavy atom. The van der Waals surface area contributed by atoms with Gasteiger partial charge in [0.1, 0.15) is 5.82 Å². The van der Waals surface area contributed by atoms with Gasteiger partial charge in [-0.2, -0.15) is 0 Å². The van der Waals surface area contributed by atoms with Crippen molar-refractivity contribution < 1.29 is 14.7 Å². The van der Waals surface area contributed by atoms with Crippen molar-refractivity contribution in [2.24, 2.45) is 11.8 Å². The fraction of sp³-hybridized carbons (Fsp3) is 0.462. The molecule has 0 radical (unpaired) electrons. The van der Waals surface area contributed by atoms with E-state index >= 15 is 0 Å². The molecule has 96 valence electrons. The molecule has 0 aliphatic heterocycles. The number of carboxylic acids is 1. The Labute approximate surface area is 105 Å². The second kappa shape index (κ2) is 5.62. The first-order chi connectivity index (χ1) is 8.68. The average Bonchev–Trinajstić information content (AvgIpc) is 2.40. The van der Waals surface area contributed by atoms with Gasteiger partial charge in [-0.25, -0.2) is 4.98 Å². The van der Waals surface area contributed by atoms with Crippen LogP contribution in [0.3, 0.4) is 0 Å². The predicted octanol–water partition coefficient (Wildman–Crippen LogP) is 1.91. The number of anilines is 1. The van der Waals surface area contributed by atoms with Crippen LogP contribution in [-0.4, -0.2) is 22.0 Å². The van der Waals surface area contributed by atoms with E-state index in [2.05, 4.69) is 10.3 Å². The number of carboxylic acid groups (broad SMARTS) is 1. The first-order valence-corrected chi connectivity index (χ1v) is 6.13. The van der Waals surface area contributed by atoms with Gasteiger partial charge in [-0.1, -0.05) is 18.9 Å². The first-order valence-electron chi connectivity index (χ1n) is 6.13. The lowest BCUT2D eigenvalue weighted by Gasteiger charge is -2.27. The number of pyridine rings is 1. The number of hydrogen-bond donors (Lipinski definition) is 2. The second-order valence-corrected chi connectivity index (χ2v) is 4.54. The highest BCUT2D eigenvalue weighted by Crippen LogP contribution is 2.31. The number of aliphatic carboxylic acids is 1. The van der Waals surface area contributed by atoms with E-state index in [1.165, 1.54) is 0 Å². The summed E-state index contributed by atoms with van der Waals surface area (Å²) in [6.45, 7) is 0. The van der Waals surface area contributed by atoms with Crippen molar-refractivity contribution in [2.75, 3.05) is 5.32 Å². The van der Waals surface area contributed by atoms with Crippen LogP contribution in [0.4, 0.5) is 5.82 Å². The average molecular weight is 248 g/mol. The van der Waals surface area contributed by atoms with E-state index in [1.54, 1.807) is 24.4 Å². The van der Waals surface area contributed by atoms with E-state index in [-0.39, 0.29) is 5.91 Å². The molecule has 1 aromatic rings. The summed E-state index contributed by atoms with van der Waals surface area (Å²) < 4.78 is 0. The number of carbonyl (C=O) groups is 2. The Morgan fingerprint density at radius 2 is 1.94 bits per heavy atom. The van der Waals surface area contributed by atoms with Gasteiger partial charge < -0.3 is 10.4 Å². The normalized spacial score (nSPS) is 23.3. The molecule has 2 rings (SSSR count). The van der Waals surface area contributed by atoms with Crippen LogP contribution in [0.1, 0.15) is 25.7 Å². The molecule has 0 unspecified atom stereocenters. The molecule has 1 amide bonds. The summed E-state index contributed by atoms with van der Waals surface area (Å²) in [6.07, 6.45) is 4.59. The maximum absolute atomic E-state index is 12.1. The molecule has 0 spiro atoms. The van der Waals surface area contributed by atoms with E-state index in [0.29, 0.717) is 18.7 Å². The van der Waals surface area contributed by atoms with Gasteiger partial charge in [-0.05, 0) is 25.0 Å². The summed E-state index contributed by atoms with van der Waals surface area (Å²) in [4.78, 5) is 27.2. The first kappa shape index (κ1) is 12.5. The fourth-order valence-corrected chi connectivity index (χ4v) is 2.40. The van der Waals surface area contributed by atoms with E-state index in [0.717, 1.165) is 12.8 Å². The lowest BCUT2D eigenvalue weighted by atomic mass is 9.79. The maximum atomic E-state index is 12.1. The number of aromatic nitrogens is 1. The summed E-state index contributed by atoms with van der Waals surface area (Å²) in [5, 5.41) is 11.8. The van der Waals surface area contributed by atoms with Gasteiger partial charge >= 0.3 is 5.97 Å². The second-order valence-electron chi connectivity index (χ2n) is 4.54. The van der Waals surface area contributed by atoms with Crippen LogP contribution in [0.15, 0.2) is 24.4 Å². The van der Waals surface area contributed by atoms with Gasteiger partial charge in [-0.15, -0.1) is 0 Å². The molecular weight excluding hydrogens is 232 g/mol. The van der Waals surface area contributed by atoms with Crippen LogP contribution in [0.25, 0.3) is 0 Å². The van der Waals surface area contributed by atoms with Crippen molar-refractivity contribution in [1.82, 2.24) is 4.98 Å². The molecule has 2 atom stereocenters. The van der Waals surface area contributed by atoms with E-state index in [1.807, 2.05) is 0 Å². The summed E-state index contributed by atoms with van der Waals surface area (Å²) >= 11 is 0. The number of nitrogens with one attached hydrogen (secondary N) is 1. The smallest absolute Gasteiger partial charge is 0.307 e. The summed E-state index contributed by atoms with van der Waals surface area (Å²) in [6, 6.07) is 5.23. The van der Waals surface area contributed by atoms with Gasteiger partial charge in [0.2, 0.25) is 5.91 Å². The Kier molecular flexibility index (Phi) is 3.92. The van der Waals surface area contributed by atoms with Gasteiger partial charge in [0.05, 0.1) is 11.8 Å². The number of amides is 1. The summed E-state index contributed by atoms with van der Waals surface area (Å²) in [5.41, 5.74) is 0. The zero-order chi connectivity index (χ0) is 13.0. The van der Waals surface area contributed by atoms with Crippen molar-refractivity contribution >= 4 is 17.7 Å². The summed E-state index contributed by atoms with van der Waals surface area (Å²) in [5.74, 6) is -1.66. The topological polar surface area (TPSA) is 79.3 Å². The number of hydrogen-bond acceptors (Lipinski definition) is 3. The van der Waals surface area contributed by atoms with E-state index in [9.17, 15) is 9.59 Å². The molecule has 5 heteroatoms. The minimum Gasteiger partial charge on any atom is -0.481 e. The van der Waals surface area contributed by atoms with Crippen LogP contribution in [0.5, 0.6) is 0 Å². The molecule has 5 nitrogen and oxygen atoms in total. The molecule has 1 heterocycles. The van der Waals surface area contributed by atoms with Gasteiger partial charge in [0.15, 0.2) is 0 Å². The maximum Gasteiger partial charge on any atom is 0.307 e. The van der Waals surface area contributed by atoms with Crippen LogP contribution in [-0.2, 0) is 9.59 Å². The minimum absolute atomic E-state index is 0.235. The zero-order valence-electron chi connectivity index (χ0n) is 10.0. The molecule has 18 heavy (non-hydrogen) atoms. The SMILES string of the molecule is O=C(O)[C@H]1CCCC[C@@H]1C(=O)Nc1ccccn1. The largest absolute Gasteiger partial charge is 0.481 e. The highest BCUT2D eigenvalue weighted by Gasteiger charge is 2.35. The van der Waals surface area contributed by atoms with Crippen molar-refractivity contribution in [3.63, 3.8) is 0 Å². The number of nitrogens with zero attached hydrogens (tertiary/aromatic N) is 1. The van der Waals surface area contributed by atoms with Crippen molar-refractivity contribution in [2.45, 2.75) is 25.7 Å². The molecule has 0 bridgehead atoms. The third-order valence-electron chi connectivity index (χ3n) is 3.34. The molecule has 1 aliphatic carbocycles. The van der Waals surface area contributed by atoms with Gasteiger partial charge in [0, 0.05) is 6.20 Å². The standard InChI is InChI=1S/C13H16N2O3/c16-12(15-11-7-3-4-8-14-11)9-5-1-2-6-10(9)13(17)18/h3-4,7-10H,1-2,5-6H2,(H,17,18)(H,14,15,16)/t9-,10-/m0/s1. The highest BCUT2D eigenvalue weighted by atomic mass is 16.4. The van der Waals surface area contributed by atoms with Crippen LogP contribution in [0.2, 0.25) is 0 Å². The van der Waals surface area contributed by atoms with E-state index < -0.39 is 17.8 Å². The van der Waals surface area contributed by atoms with Crippen molar-refractivity contribution in [3.05, 3.63) is 24.4 Å². The third kappa shape index (κ3) is 2.85. The molecule has 1 saturated carbocycles. The Bertz CT molecular complexity index is 433. The molecule has 0 aromatic carbocycles. The Morgan fingerprint density at radius 1 is 1.22 bits per heavy atom. The van der Waals surface area contributed by atoms with Gasteiger partial charge in [-0.3, -0.25) is 9.59 Å². The van der Waals surface area contributed by atoms with Crippen LogP contribution in [0, 0.1) is 11.8 Å². The summed E-state index contributed by atoms with van der Waals surface area (Å²) in [7, 11) is 0. The van der Waals surface area contributed by atoms with Crippen molar-refractivity contribution in [1.29, 1.82) is 0 Å². The van der Waals surface area contributed by atoms with Crippen LogP contribution < -0.4 is 5.32 Å². The lowest BCUT2D eigenvalue weighted by molar-refractivity contribution is -0.147. The molecule has 1 aliphatic rings. The highest BCUT2D eigenvalue weighted by molar-refractivity contribution is 5.94. The fourth-order valence-electron chi connectivity index (χ4n) is 2.40.